The Morgan fingerprint density at radius 1 is 0.354 bits per heavy atom. The average Bonchev–Trinajstić information content (AvgIpc) is 3.47. The van der Waals surface area contributed by atoms with Crippen LogP contribution in [-0.2, 0) is 5.41 Å². The molecule has 8 aromatic rings. The van der Waals surface area contributed by atoms with Crippen LogP contribution in [0.5, 0.6) is 0 Å². The number of nitrogens with zero attached hydrogens (tertiary/aromatic N) is 1. The van der Waals surface area contributed by atoms with Gasteiger partial charge in [0.2, 0.25) is 0 Å². The predicted molar refractivity (Wildman–Crippen MR) is 201 cm³/mol. The van der Waals surface area contributed by atoms with Crippen molar-refractivity contribution in [1.29, 1.82) is 0 Å². The number of benzene rings is 8. The number of anilines is 3. The molecule has 1 aliphatic rings. The highest BCUT2D eigenvalue weighted by atomic mass is 15.1. The van der Waals surface area contributed by atoms with Crippen LogP contribution < -0.4 is 4.90 Å². The molecule has 0 amide bonds. The summed E-state index contributed by atoms with van der Waals surface area (Å²) < 4.78 is 0. The SMILES string of the molecule is c1ccc(-c2ccc3c(c2)C(c2ccccc2)(c2ccccc2)c2c-3cc(N(c3ccccc3)c3ccccc3)c3ccccc23)cc1. The molecule has 1 heteroatoms. The summed E-state index contributed by atoms with van der Waals surface area (Å²) in [6, 6.07) is 73.0. The topological polar surface area (TPSA) is 3.24 Å². The highest BCUT2D eigenvalue weighted by Crippen LogP contribution is 2.60. The van der Waals surface area contributed by atoms with Gasteiger partial charge in [0.1, 0.15) is 0 Å². The van der Waals surface area contributed by atoms with Gasteiger partial charge in [0, 0.05) is 16.8 Å². The van der Waals surface area contributed by atoms with E-state index in [1.807, 2.05) is 0 Å². The van der Waals surface area contributed by atoms with Crippen LogP contribution in [0.15, 0.2) is 200 Å². The van der Waals surface area contributed by atoms with Gasteiger partial charge in [0.15, 0.2) is 0 Å². The zero-order valence-electron chi connectivity index (χ0n) is 26.5. The lowest BCUT2D eigenvalue weighted by atomic mass is 9.66. The second-order valence-electron chi connectivity index (χ2n) is 12.5. The molecule has 0 unspecified atom stereocenters. The second-order valence-corrected chi connectivity index (χ2v) is 12.5. The van der Waals surface area contributed by atoms with Crippen molar-refractivity contribution in [2.24, 2.45) is 0 Å². The summed E-state index contributed by atoms with van der Waals surface area (Å²) in [4.78, 5) is 2.41. The van der Waals surface area contributed by atoms with E-state index in [1.54, 1.807) is 0 Å². The summed E-state index contributed by atoms with van der Waals surface area (Å²) in [6.07, 6.45) is 0. The molecule has 9 rings (SSSR count). The first-order valence-electron chi connectivity index (χ1n) is 16.6. The van der Waals surface area contributed by atoms with Gasteiger partial charge in [-0.2, -0.15) is 0 Å². The van der Waals surface area contributed by atoms with Crippen molar-refractivity contribution in [3.8, 4) is 22.3 Å². The maximum absolute atomic E-state index is 2.45. The molecule has 1 nitrogen and oxygen atoms in total. The molecule has 0 heterocycles. The highest BCUT2D eigenvalue weighted by Gasteiger charge is 2.47. The van der Waals surface area contributed by atoms with Gasteiger partial charge in [0.25, 0.3) is 0 Å². The van der Waals surface area contributed by atoms with Gasteiger partial charge >= 0.3 is 0 Å². The fourth-order valence-corrected chi connectivity index (χ4v) is 7.92. The molecular formula is C47H33N. The Kier molecular flexibility index (Phi) is 6.76. The third-order valence-electron chi connectivity index (χ3n) is 9.90. The van der Waals surface area contributed by atoms with Crippen molar-refractivity contribution in [3.63, 3.8) is 0 Å². The molecule has 48 heavy (non-hydrogen) atoms. The van der Waals surface area contributed by atoms with Gasteiger partial charge in [-0.1, -0.05) is 164 Å². The second kappa shape index (κ2) is 11.6. The number of rotatable bonds is 6. The van der Waals surface area contributed by atoms with Crippen LogP contribution in [0.1, 0.15) is 22.3 Å². The third-order valence-corrected chi connectivity index (χ3v) is 9.90. The van der Waals surface area contributed by atoms with Gasteiger partial charge in [-0.05, 0) is 86.3 Å². The lowest BCUT2D eigenvalue weighted by Gasteiger charge is -2.35. The van der Waals surface area contributed by atoms with Crippen LogP contribution in [0.2, 0.25) is 0 Å². The number of hydrogen-bond acceptors (Lipinski definition) is 1. The normalized spacial score (nSPS) is 12.8. The first-order chi connectivity index (χ1) is 23.8. The molecule has 0 aliphatic heterocycles. The standard InChI is InChI=1S/C47H33N/c1-6-18-34(19-7-1)35-30-31-40-43-33-45(48(38-24-12-4-13-25-38)39-26-14-5-15-27-39)41-28-16-17-29-42(41)46(43)47(44(40)32-35,36-20-8-2-9-21-36)37-22-10-3-11-23-37/h1-33H. The molecule has 0 spiro atoms. The van der Waals surface area contributed by atoms with Crippen molar-refractivity contribution in [2.45, 2.75) is 5.41 Å². The number of para-hydroxylation sites is 2. The van der Waals surface area contributed by atoms with Crippen LogP contribution in [-0.4, -0.2) is 0 Å². The molecule has 0 atom stereocenters. The molecule has 0 fully saturated rings. The summed E-state index contributed by atoms with van der Waals surface area (Å²) in [7, 11) is 0. The third kappa shape index (κ3) is 4.32. The Hall–Kier alpha value is -6.18. The highest BCUT2D eigenvalue weighted by molar-refractivity contribution is 6.08. The van der Waals surface area contributed by atoms with Crippen molar-refractivity contribution in [1.82, 2.24) is 0 Å². The van der Waals surface area contributed by atoms with Crippen molar-refractivity contribution >= 4 is 27.8 Å². The molecular weight excluding hydrogens is 579 g/mol. The van der Waals surface area contributed by atoms with Crippen LogP contribution in [0, 0.1) is 0 Å². The van der Waals surface area contributed by atoms with E-state index in [1.165, 1.54) is 55.3 Å². The van der Waals surface area contributed by atoms with E-state index < -0.39 is 5.41 Å². The smallest absolute Gasteiger partial charge is 0.0719 e. The molecule has 226 valence electrons. The van der Waals surface area contributed by atoms with Crippen molar-refractivity contribution in [3.05, 3.63) is 222 Å². The molecule has 8 aromatic carbocycles. The maximum atomic E-state index is 2.45. The van der Waals surface area contributed by atoms with Crippen LogP contribution >= 0.6 is 0 Å². The Labute approximate surface area is 282 Å². The summed E-state index contributed by atoms with van der Waals surface area (Å²) in [5.74, 6) is 0. The summed E-state index contributed by atoms with van der Waals surface area (Å²) in [6.45, 7) is 0. The number of fused-ring (bicyclic) bond motifs is 5. The average molecular weight is 612 g/mol. The fourth-order valence-electron chi connectivity index (χ4n) is 7.92. The van der Waals surface area contributed by atoms with Crippen LogP contribution in [0.25, 0.3) is 33.0 Å². The Morgan fingerprint density at radius 2 is 0.833 bits per heavy atom. The van der Waals surface area contributed by atoms with Crippen molar-refractivity contribution < 1.29 is 0 Å². The summed E-state index contributed by atoms with van der Waals surface area (Å²) in [5, 5.41) is 2.48. The minimum Gasteiger partial charge on any atom is -0.310 e. The zero-order chi connectivity index (χ0) is 31.9. The van der Waals surface area contributed by atoms with E-state index in [0.29, 0.717) is 0 Å². The Balaban J connectivity index is 1.44. The van der Waals surface area contributed by atoms with E-state index in [4.69, 9.17) is 0 Å². The fraction of sp³-hybridized carbons (Fsp3) is 0.0213. The maximum Gasteiger partial charge on any atom is 0.0719 e. The lowest BCUT2D eigenvalue weighted by Crippen LogP contribution is -2.29. The number of hydrogen-bond donors (Lipinski definition) is 0. The van der Waals surface area contributed by atoms with E-state index in [-0.39, 0.29) is 0 Å². The Morgan fingerprint density at radius 3 is 1.40 bits per heavy atom. The molecule has 1 aliphatic carbocycles. The van der Waals surface area contributed by atoms with Gasteiger partial charge < -0.3 is 4.90 Å². The lowest BCUT2D eigenvalue weighted by molar-refractivity contribution is 0.776. The van der Waals surface area contributed by atoms with E-state index in [0.717, 1.165) is 17.1 Å². The van der Waals surface area contributed by atoms with Crippen molar-refractivity contribution in [2.75, 3.05) is 4.90 Å². The Bertz CT molecular complexity index is 2290. The molecule has 0 bridgehead atoms. The van der Waals surface area contributed by atoms with Gasteiger partial charge in [0.05, 0.1) is 11.1 Å². The minimum absolute atomic E-state index is 0.527. The summed E-state index contributed by atoms with van der Waals surface area (Å²) >= 11 is 0. The molecule has 0 aromatic heterocycles. The van der Waals surface area contributed by atoms with Gasteiger partial charge in [-0.25, -0.2) is 0 Å². The monoisotopic (exact) mass is 611 g/mol. The molecule has 0 radical (unpaired) electrons. The first-order valence-corrected chi connectivity index (χ1v) is 16.6. The van der Waals surface area contributed by atoms with E-state index in [2.05, 4.69) is 205 Å². The molecule has 0 N–H and O–H groups in total. The van der Waals surface area contributed by atoms with Gasteiger partial charge in [-0.15, -0.1) is 0 Å². The minimum atomic E-state index is -0.527. The van der Waals surface area contributed by atoms with Gasteiger partial charge in [-0.3, -0.25) is 0 Å². The van der Waals surface area contributed by atoms with Crippen LogP contribution in [0.3, 0.4) is 0 Å². The summed E-state index contributed by atoms with van der Waals surface area (Å²) in [5.41, 5.74) is 13.0. The zero-order valence-corrected chi connectivity index (χ0v) is 26.5. The predicted octanol–water partition coefficient (Wildman–Crippen LogP) is 12.3. The van der Waals surface area contributed by atoms with E-state index >= 15 is 0 Å². The quantitative estimate of drug-likeness (QED) is 0.181. The largest absolute Gasteiger partial charge is 0.310 e. The molecule has 0 saturated carbocycles. The van der Waals surface area contributed by atoms with E-state index in [9.17, 15) is 0 Å². The molecule has 0 saturated heterocycles. The first kappa shape index (κ1) is 28.1. The van der Waals surface area contributed by atoms with Crippen LogP contribution in [0.4, 0.5) is 17.1 Å².